The van der Waals surface area contributed by atoms with Crippen LogP contribution >= 0.6 is 15.9 Å². The quantitative estimate of drug-likeness (QED) is 0.920. The van der Waals surface area contributed by atoms with Crippen LogP contribution < -0.4 is 0 Å². The van der Waals surface area contributed by atoms with E-state index in [1.807, 2.05) is 6.07 Å². The number of rotatable bonds is 3. The predicted molar refractivity (Wildman–Crippen MR) is 58.0 cm³/mol. The molecule has 0 bridgehead atoms. The summed E-state index contributed by atoms with van der Waals surface area (Å²) in [5, 5.41) is 24.7. The molecule has 0 fully saturated rings. The second kappa shape index (κ2) is 4.39. The second-order valence-corrected chi connectivity index (χ2v) is 3.79. The highest BCUT2D eigenvalue weighted by molar-refractivity contribution is 9.10. The average molecular weight is 297 g/mol. The lowest BCUT2D eigenvalue weighted by molar-refractivity contribution is 0.0691. The van der Waals surface area contributed by atoms with Gasteiger partial charge in [0.25, 0.3) is 0 Å². The predicted octanol–water partition coefficient (Wildman–Crippen LogP) is 1.52. The van der Waals surface area contributed by atoms with Gasteiger partial charge in [-0.3, -0.25) is 0 Å². The van der Waals surface area contributed by atoms with Gasteiger partial charge in [-0.2, -0.15) is 5.26 Å². The third-order valence-corrected chi connectivity index (χ3v) is 2.39. The van der Waals surface area contributed by atoms with E-state index in [9.17, 15) is 4.79 Å². The molecule has 17 heavy (non-hydrogen) atoms. The number of nitrogens with zero attached hydrogens (tertiary/aromatic N) is 4. The van der Waals surface area contributed by atoms with E-state index in [1.54, 1.807) is 12.1 Å². The zero-order chi connectivity index (χ0) is 12.4. The molecule has 0 aliphatic heterocycles. The molecule has 0 aromatic carbocycles. The summed E-state index contributed by atoms with van der Waals surface area (Å²) in [5.41, 5.74) is -0.0770. The molecule has 86 valence electrons. The van der Waals surface area contributed by atoms with Crippen LogP contribution in [0.25, 0.3) is 11.5 Å². The Kier molecular flexibility index (Phi) is 2.93. The number of halogens is 1. The Hall–Kier alpha value is -2.14. The fourth-order valence-corrected chi connectivity index (χ4v) is 1.63. The van der Waals surface area contributed by atoms with Crippen LogP contribution in [0, 0.1) is 11.3 Å². The zero-order valence-corrected chi connectivity index (χ0v) is 9.88. The van der Waals surface area contributed by atoms with Gasteiger partial charge in [0, 0.05) is 0 Å². The van der Waals surface area contributed by atoms with Gasteiger partial charge in [-0.25, -0.2) is 9.48 Å². The van der Waals surface area contributed by atoms with E-state index >= 15 is 0 Å². The number of furan rings is 1. The van der Waals surface area contributed by atoms with E-state index in [1.165, 1.54) is 4.68 Å². The van der Waals surface area contributed by atoms with Crippen molar-refractivity contribution in [3.8, 4) is 17.5 Å². The molecular weight excluding hydrogens is 292 g/mol. The summed E-state index contributed by atoms with van der Waals surface area (Å²) in [6.45, 7) is -0.103. The lowest BCUT2D eigenvalue weighted by Crippen LogP contribution is -2.03. The van der Waals surface area contributed by atoms with Crippen molar-refractivity contribution in [1.29, 1.82) is 5.26 Å². The van der Waals surface area contributed by atoms with Crippen molar-refractivity contribution in [2.45, 2.75) is 6.54 Å². The van der Waals surface area contributed by atoms with E-state index in [0.29, 0.717) is 4.67 Å². The van der Waals surface area contributed by atoms with Crippen molar-refractivity contribution in [3.05, 3.63) is 22.5 Å². The summed E-state index contributed by atoms with van der Waals surface area (Å²) in [4.78, 5) is 11.0. The number of aromatic carboxylic acids is 1. The molecular formula is C9H5BrN4O3. The molecule has 0 spiro atoms. The van der Waals surface area contributed by atoms with Gasteiger partial charge >= 0.3 is 5.97 Å². The van der Waals surface area contributed by atoms with Crippen LogP contribution in [0.1, 0.15) is 10.5 Å². The standard InChI is InChI=1S/C9H5BrN4O3/c10-6-2-1-5(17-6)8-7(9(15)16)12-13-14(8)4-3-11/h1-2H,4H2,(H,15,16). The Morgan fingerprint density at radius 2 is 2.41 bits per heavy atom. The SMILES string of the molecule is N#CCn1nnc(C(=O)O)c1-c1ccc(Br)o1. The highest BCUT2D eigenvalue weighted by Gasteiger charge is 2.22. The molecule has 0 amide bonds. The third kappa shape index (κ3) is 2.05. The Balaban J connectivity index is 2.60. The molecule has 0 aliphatic carbocycles. The van der Waals surface area contributed by atoms with Crippen molar-refractivity contribution in [3.63, 3.8) is 0 Å². The normalized spacial score (nSPS) is 10.1. The average Bonchev–Trinajstić information content (AvgIpc) is 2.84. The van der Waals surface area contributed by atoms with Crippen LogP contribution in [0.3, 0.4) is 0 Å². The fraction of sp³-hybridized carbons (Fsp3) is 0.111. The van der Waals surface area contributed by atoms with Crippen molar-refractivity contribution < 1.29 is 14.3 Å². The maximum Gasteiger partial charge on any atom is 0.358 e. The molecule has 2 aromatic heterocycles. The first-order valence-electron chi connectivity index (χ1n) is 4.43. The Morgan fingerprint density at radius 3 is 2.94 bits per heavy atom. The maximum atomic E-state index is 11.0. The molecule has 0 radical (unpaired) electrons. The van der Waals surface area contributed by atoms with Crippen LogP contribution in [0.4, 0.5) is 0 Å². The van der Waals surface area contributed by atoms with Crippen molar-refractivity contribution in [2.75, 3.05) is 0 Å². The van der Waals surface area contributed by atoms with Crippen molar-refractivity contribution >= 4 is 21.9 Å². The molecule has 0 saturated carbocycles. The lowest BCUT2D eigenvalue weighted by Gasteiger charge is -1.99. The lowest BCUT2D eigenvalue weighted by atomic mass is 10.2. The van der Waals surface area contributed by atoms with E-state index in [0.717, 1.165) is 0 Å². The monoisotopic (exact) mass is 296 g/mol. The minimum absolute atomic E-state index is 0.103. The van der Waals surface area contributed by atoms with Crippen molar-refractivity contribution in [1.82, 2.24) is 15.0 Å². The molecule has 0 atom stereocenters. The molecule has 2 aromatic rings. The molecule has 0 saturated heterocycles. The summed E-state index contributed by atoms with van der Waals surface area (Å²) in [6, 6.07) is 5.06. The van der Waals surface area contributed by atoms with Crippen LogP contribution in [0.15, 0.2) is 21.2 Å². The van der Waals surface area contributed by atoms with Gasteiger partial charge in [-0.15, -0.1) is 5.10 Å². The van der Waals surface area contributed by atoms with Gasteiger partial charge in [-0.1, -0.05) is 5.21 Å². The number of nitriles is 1. The smallest absolute Gasteiger partial charge is 0.358 e. The van der Waals surface area contributed by atoms with Gasteiger partial charge in [0.1, 0.15) is 12.2 Å². The largest absolute Gasteiger partial charge is 0.476 e. The first-order valence-corrected chi connectivity index (χ1v) is 5.22. The molecule has 7 nitrogen and oxygen atoms in total. The Labute approximate surface area is 103 Å². The molecule has 1 N–H and O–H groups in total. The first-order chi connectivity index (χ1) is 8.13. The molecule has 0 aliphatic rings. The first kappa shape index (κ1) is 11.3. The highest BCUT2D eigenvalue weighted by Crippen LogP contribution is 2.26. The van der Waals surface area contributed by atoms with Crippen molar-refractivity contribution in [2.24, 2.45) is 0 Å². The van der Waals surface area contributed by atoms with E-state index < -0.39 is 5.97 Å². The summed E-state index contributed by atoms with van der Waals surface area (Å²) >= 11 is 3.11. The number of carboxylic acids is 1. The second-order valence-electron chi connectivity index (χ2n) is 3.01. The molecule has 2 rings (SSSR count). The Morgan fingerprint density at radius 1 is 1.65 bits per heavy atom. The van der Waals surface area contributed by atoms with Gasteiger partial charge < -0.3 is 9.52 Å². The van der Waals surface area contributed by atoms with E-state index in [4.69, 9.17) is 14.8 Å². The number of carboxylic acid groups (broad SMARTS) is 1. The number of hydrogen-bond donors (Lipinski definition) is 1. The minimum Gasteiger partial charge on any atom is -0.476 e. The maximum absolute atomic E-state index is 11.0. The fourth-order valence-electron chi connectivity index (χ4n) is 1.32. The molecule has 2 heterocycles. The van der Waals surface area contributed by atoms with Gasteiger partial charge in [0.2, 0.25) is 5.69 Å². The van der Waals surface area contributed by atoms with Crippen LogP contribution in [0.2, 0.25) is 0 Å². The number of hydrogen-bond acceptors (Lipinski definition) is 5. The van der Waals surface area contributed by atoms with Crippen LogP contribution in [0.5, 0.6) is 0 Å². The topological polar surface area (TPSA) is 105 Å². The molecule has 0 unspecified atom stereocenters. The van der Waals surface area contributed by atoms with Gasteiger partial charge in [0.05, 0.1) is 6.07 Å². The van der Waals surface area contributed by atoms with E-state index in [-0.39, 0.29) is 23.7 Å². The Bertz CT molecular complexity index is 610. The zero-order valence-electron chi connectivity index (χ0n) is 8.29. The summed E-state index contributed by atoms with van der Waals surface area (Å²) in [7, 11) is 0. The summed E-state index contributed by atoms with van der Waals surface area (Å²) in [6.07, 6.45) is 0. The van der Waals surface area contributed by atoms with Crippen LogP contribution in [-0.2, 0) is 6.54 Å². The highest BCUT2D eigenvalue weighted by atomic mass is 79.9. The number of carbonyl (C=O) groups is 1. The number of aromatic nitrogens is 3. The summed E-state index contributed by atoms with van der Waals surface area (Å²) < 4.78 is 6.88. The third-order valence-electron chi connectivity index (χ3n) is 1.96. The van der Waals surface area contributed by atoms with E-state index in [2.05, 4.69) is 26.2 Å². The summed E-state index contributed by atoms with van der Waals surface area (Å²) in [5.74, 6) is -0.939. The van der Waals surface area contributed by atoms with Gasteiger partial charge in [-0.05, 0) is 28.1 Å². The minimum atomic E-state index is -1.23. The van der Waals surface area contributed by atoms with Gasteiger partial charge in [0.15, 0.2) is 10.4 Å². The van der Waals surface area contributed by atoms with Crippen LogP contribution in [-0.4, -0.2) is 26.1 Å². The molecule has 8 heteroatoms.